The van der Waals surface area contributed by atoms with E-state index in [9.17, 15) is 9.59 Å². The van der Waals surface area contributed by atoms with Crippen molar-refractivity contribution in [2.24, 2.45) is 0 Å². The normalized spacial score (nSPS) is 21.4. The van der Waals surface area contributed by atoms with Crippen molar-refractivity contribution in [2.75, 3.05) is 7.05 Å². The molecule has 0 bridgehead atoms. The highest BCUT2D eigenvalue weighted by atomic mass is 16.2. The van der Waals surface area contributed by atoms with Crippen LogP contribution in [0, 0.1) is 6.92 Å². The summed E-state index contributed by atoms with van der Waals surface area (Å²) >= 11 is 0. The Bertz CT molecular complexity index is 422. The molecule has 3 nitrogen and oxygen atoms in total. The Labute approximate surface area is 95.1 Å². The number of hydrogen-bond donors (Lipinski definition) is 0. The number of imide groups is 1. The maximum Gasteiger partial charge on any atom is 0.236 e. The van der Waals surface area contributed by atoms with Crippen LogP contribution in [0.3, 0.4) is 0 Å². The molecule has 1 aromatic rings. The van der Waals surface area contributed by atoms with Gasteiger partial charge in [-0.15, -0.1) is 0 Å². The van der Waals surface area contributed by atoms with Crippen LogP contribution in [0.4, 0.5) is 0 Å². The second kappa shape index (κ2) is 4.08. The zero-order chi connectivity index (χ0) is 11.7. The predicted octanol–water partition coefficient (Wildman–Crippen LogP) is 1.86. The maximum absolute atomic E-state index is 11.9. The Morgan fingerprint density at radius 2 is 1.81 bits per heavy atom. The molecule has 1 heterocycles. The van der Waals surface area contributed by atoms with Gasteiger partial charge in [-0.25, -0.2) is 0 Å². The maximum atomic E-state index is 11.9. The summed E-state index contributed by atoms with van der Waals surface area (Å²) in [5, 5.41) is 0. The highest BCUT2D eigenvalue weighted by Gasteiger charge is 2.32. The molecule has 16 heavy (non-hydrogen) atoms. The first-order valence-electron chi connectivity index (χ1n) is 5.46. The minimum atomic E-state index is -0.150. The van der Waals surface area contributed by atoms with E-state index in [1.165, 1.54) is 10.5 Å². The van der Waals surface area contributed by atoms with Gasteiger partial charge in [-0.05, 0) is 18.9 Å². The lowest BCUT2D eigenvalue weighted by molar-refractivity contribution is -0.147. The molecular formula is C13H15NO2. The molecule has 0 aromatic heterocycles. The Morgan fingerprint density at radius 3 is 2.44 bits per heavy atom. The fraction of sp³-hybridized carbons (Fsp3) is 0.385. The largest absolute Gasteiger partial charge is 0.285 e. The number of amides is 2. The fourth-order valence-electron chi connectivity index (χ4n) is 2.02. The minimum absolute atomic E-state index is 0.0756. The third-order valence-electron chi connectivity index (χ3n) is 3.13. The van der Waals surface area contributed by atoms with E-state index in [4.69, 9.17) is 0 Å². The predicted molar refractivity (Wildman–Crippen MR) is 60.9 cm³/mol. The van der Waals surface area contributed by atoms with E-state index in [-0.39, 0.29) is 17.7 Å². The van der Waals surface area contributed by atoms with E-state index in [0.717, 1.165) is 5.56 Å². The molecule has 0 N–H and O–H groups in total. The number of likely N-dealkylation sites (N-methyl/N-ethyl adjacent to an activating group) is 1. The molecule has 2 amide bonds. The van der Waals surface area contributed by atoms with Crippen molar-refractivity contribution in [1.82, 2.24) is 4.90 Å². The van der Waals surface area contributed by atoms with Crippen molar-refractivity contribution in [1.29, 1.82) is 0 Å². The summed E-state index contributed by atoms with van der Waals surface area (Å²) in [5.41, 5.74) is 2.19. The number of carbonyl (C=O) groups excluding carboxylic acids is 2. The SMILES string of the molecule is Cc1ccc(C2CCC(=O)N(C)C2=O)cc1. The van der Waals surface area contributed by atoms with Crippen LogP contribution in [0.1, 0.15) is 29.9 Å². The molecule has 0 saturated carbocycles. The van der Waals surface area contributed by atoms with Crippen LogP contribution in [0.2, 0.25) is 0 Å². The molecule has 1 aliphatic rings. The zero-order valence-electron chi connectivity index (χ0n) is 9.56. The van der Waals surface area contributed by atoms with E-state index in [1.54, 1.807) is 7.05 Å². The molecule has 1 aromatic carbocycles. The third-order valence-corrected chi connectivity index (χ3v) is 3.13. The van der Waals surface area contributed by atoms with Crippen LogP contribution >= 0.6 is 0 Å². The van der Waals surface area contributed by atoms with Crippen LogP contribution in [0.15, 0.2) is 24.3 Å². The Kier molecular flexibility index (Phi) is 2.77. The monoisotopic (exact) mass is 217 g/mol. The van der Waals surface area contributed by atoms with Crippen molar-refractivity contribution in [3.8, 4) is 0 Å². The van der Waals surface area contributed by atoms with E-state index >= 15 is 0 Å². The first kappa shape index (κ1) is 10.9. The highest BCUT2D eigenvalue weighted by Crippen LogP contribution is 2.28. The molecular weight excluding hydrogens is 202 g/mol. The third kappa shape index (κ3) is 1.85. The van der Waals surface area contributed by atoms with Crippen LogP contribution in [-0.4, -0.2) is 23.8 Å². The van der Waals surface area contributed by atoms with Gasteiger partial charge in [-0.2, -0.15) is 0 Å². The lowest BCUT2D eigenvalue weighted by atomic mass is 9.89. The minimum Gasteiger partial charge on any atom is -0.285 e. The Balaban J connectivity index is 2.25. The van der Waals surface area contributed by atoms with Gasteiger partial charge in [0.25, 0.3) is 0 Å². The molecule has 0 aliphatic carbocycles. The van der Waals surface area contributed by atoms with Gasteiger partial charge in [0.2, 0.25) is 11.8 Å². The van der Waals surface area contributed by atoms with Gasteiger partial charge in [0.05, 0.1) is 5.92 Å². The van der Waals surface area contributed by atoms with Gasteiger partial charge >= 0.3 is 0 Å². The Morgan fingerprint density at radius 1 is 1.19 bits per heavy atom. The number of rotatable bonds is 1. The smallest absolute Gasteiger partial charge is 0.236 e. The van der Waals surface area contributed by atoms with E-state index < -0.39 is 0 Å². The first-order valence-corrected chi connectivity index (χ1v) is 5.46. The van der Waals surface area contributed by atoms with E-state index in [0.29, 0.717) is 12.8 Å². The quantitative estimate of drug-likeness (QED) is 0.673. The second-order valence-electron chi connectivity index (χ2n) is 4.29. The summed E-state index contributed by atoms with van der Waals surface area (Å²) in [6.45, 7) is 2.02. The van der Waals surface area contributed by atoms with Gasteiger partial charge in [0.15, 0.2) is 0 Å². The second-order valence-corrected chi connectivity index (χ2v) is 4.29. The van der Waals surface area contributed by atoms with Gasteiger partial charge < -0.3 is 0 Å². The van der Waals surface area contributed by atoms with Crippen molar-refractivity contribution in [3.63, 3.8) is 0 Å². The summed E-state index contributed by atoms with van der Waals surface area (Å²) < 4.78 is 0. The van der Waals surface area contributed by atoms with Crippen LogP contribution < -0.4 is 0 Å². The van der Waals surface area contributed by atoms with Gasteiger partial charge in [0.1, 0.15) is 0 Å². The molecule has 2 rings (SSSR count). The molecule has 3 heteroatoms. The first-order chi connectivity index (χ1) is 7.59. The van der Waals surface area contributed by atoms with Crippen LogP contribution in [-0.2, 0) is 9.59 Å². The summed E-state index contributed by atoms with van der Waals surface area (Å²) in [6.07, 6.45) is 1.09. The number of nitrogens with zero attached hydrogens (tertiary/aromatic N) is 1. The molecule has 1 aliphatic heterocycles. The molecule has 1 atom stereocenters. The number of aryl methyl sites for hydroxylation is 1. The van der Waals surface area contributed by atoms with Crippen LogP contribution in [0.25, 0.3) is 0 Å². The fourth-order valence-corrected chi connectivity index (χ4v) is 2.02. The van der Waals surface area contributed by atoms with Gasteiger partial charge in [-0.3, -0.25) is 14.5 Å². The zero-order valence-corrected chi connectivity index (χ0v) is 9.56. The van der Waals surface area contributed by atoms with Crippen molar-refractivity contribution in [3.05, 3.63) is 35.4 Å². The molecule has 1 fully saturated rings. The molecule has 1 unspecified atom stereocenters. The summed E-state index contributed by atoms with van der Waals surface area (Å²) in [6, 6.07) is 7.95. The van der Waals surface area contributed by atoms with Crippen LogP contribution in [0.5, 0.6) is 0 Å². The molecule has 0 spiro atoms. The number of carbonyl (C=O) groups is 2. The average Bonchev–Trinajstić information content (AvgIpc) is 2.28. The molecule has 1 saturated heterocycles. The number of likely N-dealkylation sites (tertiary alicyclic amines) is 1. The Hall–Kier alpha value is -1.64. The summed E-state index contributed by atoms with van der Waals surface area (Å²) in [5.74, 6) is -0.309. The molecule has 0 radical (unpaired) electrons. The van der Waals surface area contributed by atoms with Crippen molar-refractivity contribution >= 4 is 11.8 Å². The summed E-state index contributed by atoms with van der Waals surface area (Å²) in [7, 11) is 1.56. The average molecular weight is 217 g/mol. The van der Waals surface area contributed by atoms with Crippen molar-refractivity contribution < 1.29 is 9.59 Å². The summed E-state index contributed by atoms with van der Waals surface area (Å²) in [4.78, 5) is 24.5. The number of piperidine rings is 1. The van der Waals surface area contributed by atoms with E-state index in [1.807, 2.05) is 31.2 Å². The topological polar surface area (TPSA) is 37.4 Å². The van der Waals surface area contributed by atoms with E-state index in [2.05, 4.69) is 0 Å². The van der Waals surface area contributed by atoms with Crippen molar-refractivity contribution in [2.45, 2.75) is 25.7 Å². The van der Waals surface area contributed by atoms with Gasteiger partial charge in [-0.1, -0.05) is 29.8 Å². The highest BCUT2D eigenvalue weighted by molar-refractivity contribution is 6.00. The lowest BCUT2D eigenvalue weighted by Crippen LogP contribution is -2.41. The number of hydrogen-bond acceptors (Lipinski definition) is 2. The standard InChI is InChI=1S/C13H15NO2/c1-9-3-5-10(6-4-9)11-7-8-12(15)14(2)13(11)16/h3-6,11H,7-8H2,1-2H3. The lowest BCUT2D eigenvalue weighted by Gasteiger charge is -2.27. The van der Waals surface area contributed by atoms with Gasteiger partial charge in [0, 0.05) is 13.5 Å². The molecule has 84 valence electrons. The number of benzene rings is 1.